The number of anilines is 1. The Morgan fingerprint density at radius 3 is 2.67 bits per heavy atom. The van der Waals surface area contributed by atoms with E-state index in [4.69, 9.17) is 11.6 Å². The van der Waals surface area contributed by atoms with E-state index in [2.05, 4.69) is 25.5 Å². The van der Waals surface area contributed by atoms with Crippen molar-refractivity contribution in [1.82, 2.24) is 29.5 Å². The second-order valence-electron chi connectivity index (χ2n) is 7.14. The van der Waals surface area contributed by atoms with E-state index in [1.54, 1.807) is 42.1 Å². The van der Waals surface area contributed by atoms with E-state index in [9.17, 15) is 13.6 Å². The molecule has 0 bridgehead atoms. The lowest BCUT2D eigenvalue weighted by atomic mass is 10.2. The fraction of sp³-hybridized carbons (Fsp3) is 0.0455. The van der Waals surface area contributed by atoms with Crippen LogP contribution in [-0.2, 0) is 0 Å². The topological polar surface area (TPSA) is 90.5 Å². The Kier molecular flexibility index (Phi) is 5.06. The molecule has 3 aromatic heterocycles. The third kappa shape index (κ3) is 3.80. The fourth-order valence-electron chi connectivity index (χ4n) is 3.37. The molecule has 5 rings (SSSR count). The van der Waals surface area contributed by atoms with Crippen molar-refractivity contribution in [3.8, 4) is 11.5 Å². The first-order chi connectivity index (χ1) is 15.9. The minimum absolute atomic E-state index is 0.0408. The van der Waals surface area contributed by atoms with Gasteiger partial charge in [-0.3, -0.25) is 4.79 Å². The van der Waals surface area contributed by atoms with Crippen LogP contribution in [0.2, 0.25) is 5.02 Å². The molecular formula is C22H14ClF2N7O. The molecule has 11 heteroatoms. The summed E-state index contributed by atoms with van der Waals surface area (Å²) in [6, 6.07) is 11.7. The van der Waals surface area contributed by atoms with E-state index in [0.717, 1.165) is 12.1 Å². The predicted molar refractivity (Wildman–Crippen MR) is 118 cm³/mol. The Bertz CT molecular complexity index is 1530. The largest absolute Gasteiger partial charge is 0.306 e. The van der Waals surface area contributed by atoms with Crippen molar-refractivity contribution < 1.29 is 13.6 Å². The van der Waals surface area contributed by atoms with Crippen LogP contribution < -0.4 is 5.32 Å². The van der Waals surface area contributed by atoms with Crippen molar-refractivity contribution in [2.24, 2.45) is 0 Å². The van der Waals surface area contributed by atoms with Crippen molar-refractivity contribution in [2.75, 3.05) is 5.32 Å². The standard InChI is InChI=1S/C22H14ClF2N7O/c1-12-7-19(29-22(33)13-5-6-17(24)18(25)8-13)32(30-12)21-16-10-28-31(20(16)26-11-27-21)15-4-2-3-14(23)9-15/h2-11H,1H3,(H,29,33). The number of nitrogens with one attached hydrogen (secondary N) is 1. The Morgan fingerprint density at radius 1 is 1.03 bits per heavy atom. The second-order valence-corrected chi connectivity index (χ2v) is 7.57. The molecule has 0 aliphatic carbocycles. The van der Waals surface area contributed by atoms with Gasteiger partial charge in [0.2, 0.25) is 0 Å². The van der Waals surface area contributed by atoms with Gasteiger partial charge in [-0.15, -0.1) is 0 Å². The molecule has 5 aromatic rings. The average Bonchev–Trinajstić information content (AvgIpc) is 3.38. The van der Waals surface area contributed by atoms with Crippen LogP contribution in [-0.4, -0.2) is 35.4 Å². The molecule has 33 heavy (non-hydrogen) atoms. The molecule has 1 amide bonds. The van der Waals surface area contributed by atoms with Gasteiger partial charge in [0.1, 0.15) is 12.1 Å². The minimum atomic E-state index is -1.11. The summed E-state index contributed by atoms with van der Waals surface area (Å²) in [7, 11) is 0. The van der Waals surface area contributed by atoms with E-state index in [1.165, 1.54) is 17.1 Å². The van der Waals surface area contributed by atoms with Crippen molar-refractivity contribution in [2.45, 2.75) is 6.92 Å². The first-order valence-electron chi connectivity index (χ1n) is 9.69. The summed E-state index contributed by atoms with van der Waals surface area (Å²) < 4.78 is 29.8. The van der Waals surface area contributed by atoms with Gasteiger partial charge in [-0.1, -0.05) is 17.7 Å². The molecule has 2 aromatic carbocycles. The molecule has 3 heterocycles. The summed E-state index contributed by atoms with van der Waals surface area (Å²) in [5, 5.41) is 12.6. The molecule has 0 fully saturated rings. The molecule has 0 unspecified atom stereocenters. The van der Waals surface area contributed by atoms with Crippen molar-refractivity contribution in [3.05, 3.63) is 89.0 Å². The van der Waals surface area contributed by atoms with Gasteiger partial charge in [0.05, 0.1) is 23.0 Å². The predicted octanol–water partition coefficient (Wildman–Crippen LogP) is 4.49. The number of aromatic nitrogens is 6. The molecule has 0 atom stereocenters. The Hall–Kier alpha value is -4.18. The van der Waals surface area contributed by atoms with E-state index in [0.29, 0.717) is 33.3 Å². The number of amides is 1. The lowest BCUT2D eigenvalue weighted by Gasteiger charge is -2.09. The third-order valence-electron chi connectivity index (χ3n) is 4.85. The summed E-state index contributed by atoms with van der Waals surface area (Å²) in [6.07, 6.45) is 2.95. The van der Waals surface area contributed by atoms with Crippen LogP contribution in [0.3, 0.4) is 0 Å². The molecule has 164 valence electrons. The highest BCUT2D eigenvalue weighted by molar-refractivity contribution is 6.30. The Labute approximate surface area is 190 Å². The third-order valence-corrected chi connectivity index (χ3v) is 5.09. The number of carbonyl (C=O) groups is 1. The zero-order chi connectivity index (χ0) is 23.1. The number of rotatable bonds is 4. The van der Waals surface area contributed by atoms with Crippen LogP contribution in [0, 0.1) is 18.6 Å². The van der Waals surface area contributed by atoms with Crippen LogP contribution >= 0.6 is 11.6 Å². The van der Waals surface area contributed by atoms with Crippen LogP contribution in [0.4, 0.5) is 14.6 Å². The van der Waals surface area contributed by atoms with Gasteiger partial charge in [0.15, 0.2) is 23.1 Å². The summed E-state index contributed by atoms with van der Waals surface area (Å²) in [4.78, 5) is 21.3. The summed E-state index contributed by atoms with van der Waals surface area (Å²) in [6.45, 7) is 1.75. The van der Waals surface area contributed by atoms with Gasteiger partial charge in [-0.05, 0) is 43.3 Å². The molecule has 8 nitrogen and oxygen atoms in total. The number of fused-ring (bicyclic) bond motifs is 1. The molecule has 0 aliphatic heterocycles. The highest BCUT2D eigenvalue weighted by atomic mass is 35.5. The van der Waals surface area contributed by atoms with Crippen LogP contribution in [0.5, 0.6) is 0 Å². The maximum absolute atomic E-state index is 13.6. The zero-order valence-corrected chi connectivity index (χ0v) is 17.8. The normalized spacial score (nSPS) is 11.2. The lowest BCUT2D eigenvalue weighted by molar-refractivity contribution is 0.102. The molecule has 0 aliphatic rings. The summed E-state index contributed by atoms with van der Waals surface area (Å²) in [5.74, 6) is -2.11. The fourth-order valence-corrected chi connectivity index (χ4v) is 3.56. The molecular weight excluding hydrogens is 452 g/mol. The number of hydrogen-bond acceptors (Lipinski definition) is 5. The highest BCUT2D eigenvalue weighted by Crippen LogP contribution is 2.25. The number of nitrogens with zero attached hydrogens (tertiary/aromatic N) is 6. The maximum Gasteiger partial charge on any atom is 0.256 e. The van der Waals surface area contributed by atoms with Gasteiger partial charge in [-0.25, -0.2) is 23.4 Å². The van der Waals surface area contributed by atoms with Crippen molar-refractivity contribution in [1.29, 1.82) is 0 Å². The monoisotopic (exact) mass is 465 g/mol. The smallest absolute Gasteiger partial charge is 0.256 e. The number of halogens is 3. The van der Waals surface area contributed by atoms with Crippen LogP contribution in [0.25, 0.3) is 22.5 Å². The van der Waals surface area contributed by atoms with Crippen LogP contribution in [0.15, 0.2) is 61.1 Å². The van der Waals surface area contributed by atoms with Crippen LogP contribution in [0.1, 0.15) is 16.1 Å². The maximum atomic E-state index is 13.6. The summed E-state index contributed by atoms with van der Waals surface area (Å²) in [5.41, 5.74) is 1.78. The first-order valence-corrected chi connectivity index (χ1v) is 10.1. The number of carbonyl (C=O) groups excluding carboxylic acids is 1. The van der Waals surface area contributed by atoms with Gasteiger partial charge in [-0.2, -0.15) is 14.9 Å². The molecule has 0 saturated heterocycles. The molecule has 0 radical (unpaired) electrons. The number of hydrogen-bond donors (Lipinski definition) is 1. The number of aryl methyl sites for hydroxylation is 1. The van der Waals surface area contributed by atoms with E-state index in [-0.39, 0.29) is 11.4 Å². The van der Waals surface area contributed by atoms with Gasteiger partial charge in [0.25, 0.3) is 5.91 Å². The lowest BCUT2D eigenvalue weighted by Crippen LogP contribution is -2.16. The Morgan fingerprint density at radius 2 is 1.88 bits per heavy atom. The van der Waals surface area contributed by atoms with Gasteiger partial charge in [0, 0.05) is 16.7 Å². The van der Waals surface area contributed by atoms with E-state index in [1.807, 2.05) is 6.07 Å². The molecule has 0 spiro atoms. The minimum Gasteiger partial charge on any atom is -0.306 e. The Balaban J connectivity index is 1.56. The highest BCUT2D eigenvalue weighted by Gasteiger charge is 2.19. The molecule has 0 saturated carbocycles. The van der Waals surface area contributed by atoms with E-state index < -0.39 is 17.5 Å². The average molecular weight is 466 g/mol. The van der Waals surface area contributed by atoms with Crippen molar-refractivity contribution in [3.63, 3.8) is 0 Å². The zero-order valence-electron chi connectivity index (χ0n) is 17.0. The number of benzene rings is 2. The SMILES string of the molecule is Cc1cc(NC(=O)c2ccc(F)c(F)c2)n(-c2ncnc3c2cnn3-c2cccc(Cl)c2)n1. The van der Waals surface area contributed by atoms with Gasteiger partial charge < -0.3 is 5.32 Å². The first kappa shape index (κ1) is 20.7. The van der Waals surface area contributed by atoms with Gasteiger partial charge >= 0.3 is 0 Å². The van der Waals surface area contributed by atoms with Crippen molar-refractivity contribution >= 4 is 34.4 Å². The second kappa shape index (κ2) is 8.06. The summed E-state index contributed by atoms with van der Waals surface area (Å²) >= 11 is 6.11. The molecule has 1 N–H and O–H groups in total. The quantitative estimate of drug-likeness (QED) is 0.422. The van der Waals surface area contributed by atoms with E-state index >= 15 is 0 Å².